The predicted octanol–water partition coefficient (Wildman–Crippen LogP) is 3.67. The van der Waals surface area contributed by atoms with Gasteiger partial charge < -0.3 is 19.6 Å². The van der Waals surface area contributed by atoms with E-state index in [9.17, 15) is 0 Å². The van der Waals surface area contributed by atoms with E-state index < -0.39 is 0 Å². The SMILES string of the molecule is COc1ccc(-c2nnc(N)o2)cc1OCc1cccc(Br)c1. The van der Waals surface area contributed by atoms with Crippen LogP contribution >= 0.6 is 15.9 Å². The van der Waals surface area contributed by atoms with Crippen molar-refractivity contribution in [3.63, 3.8) is 0 Å². The average Bonchev–Trinajstić information content (AvgIpc) is 2.99. The molecule has 0 radical (unpaired) electrons. The van der Waals surface area contributed by atoms with E-state index >= 15 is 0 Å². The van der Waals surface area contributed by atoms with E-state index in [1.165, 1.54) is 0 Å². The van der Waals surface area contributed by atoms with E-state index in [0.717, 1.165) is 10.0 Å². The molecule has 2 aromatic carbocycles. The van der Waals surface area contributed by atoms with E-state index in [-0.39, 0.29) is 6.01 Å². The Morgan fingerprint density at radius 3 is 2.70 bits per heavy atom. The summed E-state index contributed by atoms with van der Waals surface area (Å²) < 4.78 is 17.4. The van der Waals surface area contributed by atoms with Crippen molar-refractivity contribution in [1.29, 1.82) is 0 Å². The minimum atomic E-state index is 0.0208. The zero-order valence-electron chi connectivity index (χ0n) is 12.3. The smallest absolute Gasteiger partial charge is 0.313 e. The van der Waals surface area contributed by atoms with Gasteiger partial charge in [0, 0.05) is 10.0 Å². The number of hydrogen-bond donors (Lipinski definition) is 1. The highest BCUT2D eigenvalue weighted by Gasteiger charge is 2.12. The molecule has 3 rings (SSSR count). The van der Waals surface area contributed by atoms with Crippen LogP contribution in [-0.2, 0) is 6.61 Å². The van der Waals surface area contributed by atoms with E-state index in [1.807, 2.05) is 24.3 Å². The number of nitrogens with zero attached hydrogens (tertiary/aromatic N) is 2. The molecule has 0 saturated heterocycles. The third kappa shape index (κ3) is 3.62. The summed E-state index contributed by atoms with van der Waals surface area (Å²) in [6, 6.07) is 13.3. The van der Waals surface area contributed by atoms with Crippen molar-refractivity contribution < 1.29 is 13.9 Å². The maximum Gasteiger partial charge on any atom is 0.313 e. The molecule has 0 aliphatic rings. The molecule has 1 heterocycles. The van der Waals surface area contributed by atoms with Crippen LogP contribution in [0, 0.1) is 0 Å². The van der Waals surface area contributed by atoms with E-state index in [1.54, 1.807) is 25.3 Å². The molecule has 0 fully saturated rings. The van der Waals surface area contributed by atoms with Crippen LogP contribution in [-0.4, -0.2) is 17.3 Å². The maximum absolute atomic E-state index is 5.87. The fraction of sp³-hybridized carbons (Fsp3) is 0.125. The summed E-state index contributed by atoms with van der Waals surface area (Å²) in [4.78, 5) is 0. The second-order valence-corrected chi connectivity index (χ2v) is 5.65. The Balaban J connectivity index is 1.84. The Morgan fingerprint density at radius 1 is 1.13 bits per heavy atom. The minimum Gasteiger partial charge on any atom is -0.493 e. The Kier molecular flexibility index (Phi) is 4.47. The zero-order chi connectivity index (χ0) is 16.2. The molecule has 0 saturated carbocycles. The summed E-state index contributed by atoms with van der Waals surface area (Å²) in [5.74, 6) is 1.54. The lowest BCUT2D eigenvalue weighted by Crippen LogP contribution is -1.98. The zero-order valence-corrected chi connectivity index (χ0v) is 13.9. The van der Waals surface area contributed by atoms with Gasteiger partial charge in [0.05, 0.1) is 7.11 Å². The van der Waals surface area contributed by atoms with Crippen LogP contribution in [0.5, 0.6) is 11.5 Å². The molecular formula is C16H14BrN3O3. The Morgan fingerprint density at radius 2 is 2.00 bits per heavy atom. The summed E-state index contributed by atoms with van der Waals surface area (Å²) >= 11 is 3.44. The lowest BCUT2D eigenvalue weighted by Gasteiger charge is -2.11. The number of nitrogens with two attached hydrogens (primary N) is 1. The van der Waals surface area contributed by atoms with Crippen LogP contribution in [0.3, 0.4) is 0 Å². The molecule has 0 amide bonds. The lowest BCUT2D eigenvalue weighted by molar-refractivity contribution is 0.284. The largest absolute Gasteiger partial charge is 0.493 e. The number of hydrogen-bond acceptors (Lipinski definition) is 6. The molecule has 118 valence electrons. The molecule has 6 nitrogen and oxygen atoms in total. The van der Waals surface area contributed by atoms with Crippen molar-refractivity contribution in [1.82, 2.24) is 10.2 Å². The fourth-order valence-corrected chi connectivity index (χ4v) is 2.51. The molecule has 0 spiro atoms. The predicted molar refractivity (Wildman–Crippen MR) is 89.2 cm³/mol. The number of ether oxygens (including phenoxy) is 2. The average molecular weight is 376 g/mol. The lowest BCUT2D eigenvalue weighted by atomic mass is 10.2. The maximum atomic E-state index is 5.87. The first-order valence-corrected chi connectivity index (χ1v) is 7.59. The molecule has 0 unspecified atom stereocenters. The number of rotatable bonds is 5. The molecule has 7 heteroatoms. The van der Waals surface area contributed by atoms with Gasteiger partial charge in [-0.2, -0.15) is 0 Å². The van der Waals surface area contributed by atoms with Crippen molar-refractivity contribution in [2.24, 2.45) is 0 Å². The molecule has 1 aromatic heterocycles. The molecule has 23 heavy (non-hydrogen) atoms. The Labute approximate surface area is 141 Å². The second kappa shape index (κ2) is 6.70. The summed E-state index contributed by atoms with van der Waals surface area (Å²) in [5.41, 5.74) is 7.20. The van der Waals surface area contributed by atoms with Gasteiger partial charge >= 0.3 is 6.01 Å². The van der Waals surface area contributed by atoms with Crippen molar-refractivity contribution >= 4 is 21.9 Å². The van der Waals surface area contributed by atoms with Crippen LogP contribution in [0.1, 0.15) is 5.56 Å². The van der Waals surface area contributed by atoms with Gasteiger partial charge in [-0.15, -0.1) is 5.10 Å². The normalized spacial score (nSPS) is 10.5. The number of anilines is 1. The fourth-order valence-electron chi connectivity index (χ4n) is 2.06. The van der Waals surface area contributed by atoms with E-state index in [2.05, 4.69) is 26.1 Å². The van der Waals surface area contributed by atoms with Crippen LogP contribution in [0.15, 0.2) is 51.4 Å². The van der Waals surface area contributed by atoms with Gasteiger partial charge in [0.25, 0.3) is 0 Å². The van der Waals surface area contributed by atoms with Crippen LogP contribution in [0.2, 0.25) is 0 Å². The molecule has 3 aromatic rings. The van der Waals surface area contributed by atoms with Crippen molar-refractivity contribution in [2.75, 3.05) is 12.8 Å². The van der Waals surface area contributed by atoms with Gasteiger partial charge in [0.1, 0.15) is 6.61 Å². The Bertz CT molecular complexity index is 820. The molecule has 0 atom stereocenters. The van der Waals surface area contributed by atoms with Gasteiger partial charge in [-0.25, -0.2) is 0 Å². The summed E-state index contributed by atoms with van der Waals surface area (Å²) in [7, 11) is 1.59. The van der Waals surface area contributed by atoms with Gasteiger partial charge in [-0.1, -0.05) is 33.2 Å². The van der Waals surface area contributed by atoms with Crippen LogP contribution < -0.4 is 15.2 Å². The third-order valence-electron chi connectivity index (χ3n) is 3.13. The van der Waals surface area contributed by atoms with Gasteiger partial charge in [-0.3, -0.25) is 0 Å². The monoisotopic (exact) mass is 375 g/mol. The highest BCUT2D eigenvalue weighted by molar-refractivity contribution is 9.10. The first kappa shape index (κ1) is 15.4. The first-order valence-electron chi connectivity index (χ1n) is 6.80. The van der Waals surface area contributed by atoms with Gasteiger partial charge in [-0.05, 0) is 35.9 Å². The highest BCUT2D eigenvalue weighted by atomic mass is 79.9. The Hall–Kier alpha value is -2.54. The third-order valence-corrected chi connectivity index (χ3v) is 3.63. The molecule has 2 N–H and O–H groups in total. The van der Waals surface area contributed by atoms with Gasteiger partial charge in [0.15, 0.2) is 11.5 Å². The van der Waals surface area contributed by atoms with E-state index in [0.29, 0.717) is 29.6 Å². The quantitative estimate of drug-likeness (QED) is 0.732. The molecular weight excluding hydrogens is 362 g/mol. The van der Waals surface area contributed by atoms with Crippen molar-refractivity contribution in [3.8, 4) is 23.0 Å². The van der Waals surface area contributed by atoms with Gasteiger partial charge in [0.2, 0.25) is 5.89 Å². The van der Waals surface area contributed by atoms with Crippen molar-refractivity contribution in [3.05, 3.63) is 52.5 Å². The second-order valence-electron chi connectivity index (χ2n) is 4.73. The highest BCUT2D eigenvalue weighted by Crippen LogP contribution is 2.33. The van der Waals surface area contributed by atoms with Crippen LogP contribution in [0.25, 0.3) is 11.5 Å². The number of methoxy groups -OCH3 is 1. The molecule has 0 bridgehead atoms. The standard InChI is InChI=1S/C16H14BrN3O3/c1-21-13-6-5-11(15-19-20-16(18)23-15)8-14(13)22-9-10-3-2-4-12(17)7-10/h2-8H,9H2,1H3,(H2,18,20). The molecule has 0 aliphatic heterocycles. The topological polar surface area (TPSA) is 83.4 Å². The summed E-state index contributed by atoms with van der Waals surface area (Å²) in [6.45, 7) is 0.408. The van der Waals surface area contributed by atoms with Crippen molar-refractivity contribution in [2.45, 2.75) is 6.61 Å². The summed E-state index contributed by atoms with van der Waals surface area (Å²) in [6.07, 6.45) is 0. The number of nitrogen functional groups attached to an aromatic ring is 1. The van der Waals surface area contributed by atoms with E-state index in [4.69, 9.17) is 19.6 Å². The minimum absolute atomic E-state index is 0.0208. The number of halogens is 1. The first-order chi connectivity index (χ1) is 11.2. The number of aromatic nitrogens is 2. The molecule has 0 aliphatic carbocycles. The summed E-state index contributed by atoms with van der Waals surface area (Å²) in [5, 5.41) is 7.52. The van der Waals surface area contributed by atoms with Crippen LogP contribution in [0.4, 0.5) is 6.01 Å². The number of benzene rings is 2.